The predicted molar refractivity (Wildman–Crippen MR) is 72.1 cm³/mol. The first-order chi connectivity index (χ1) is 7.80. The van der Waals surface area contributed by atoms with Crippen LogP contribution in [-0.4, -0.2) is 11.9 Å². The maximum absolute atomic E-state index is 5.76. The van der Waals surface area contributed by atoms with Crippen LogP contribution < -0.4 is 5.32 Å². The molecule has 0 aliphatic heterocycles. The molecule has 1 atom stereocenters. The summed E-state index contributed by atoms with van der Waals surface area (Å²) in [6, 6.07) is 9.38. The lowest BCUT2D eigenvalue weighted by Gasteiger charge is -2.15. The van der Waals surface area contributed by atoms with Gasteiger partial charge in [-0.25, -0.2) is 0 Å². The fourth-order valence-corrected chi connectivity index (χ4v) is 2.00. The van der Waals surface area contributed by atoms with Crippen molar-refractivity contribution in [3.63, 3.8) is 0 Å². The Hall–Kier alpha value is -0.530. The summed E-state index contributed by atoms with van der Waals surface area (Å²) in [5.74, 6) is 0.736. The topological polar surface area (TPSA) is 12.0 Å². The lowest BCUT2D eigenvalue weighted by molar-refractivity contribution is 0.486. The molecule has 0 saturated carbocycles. The molecule has 90 valence electrons. The Morgan fingerprint density at radius 2 is 1.75 bits per heavy atom. The predicted octanol–water partition coefficient (Wildman–Crippen LogP) is 3.75. The number of benzene rings is 1. The average molecular weight is 240 g/mol. The summed E-state index contributed by atoms with van der Waals surface area (Å²) in [5, 5.41) is 3.54. The van der Waals surface area contributed by atoms with E-state index in [1.54, 1.807) is 0 Å². The van der Waals surface area contributed by atoms with Crippen LogP contribution in [0.5, 0.6) is 0 Å². The summed E-state index contributed by atoms with van der Waals surface area (Å²) in [4.78, 5) is 0. The van der Waals surface area contributed by atoms with Crippen LogP contribution in [0.1, 0.15) is 37.8 Å². The SMILES string of the molecule is CCc1ccc(CNC(CC)CCCl)cc1. The van der Waals surface area contributed by atoms with Crippen molar-refractivity contribution >= 4 is 11.6 Å². The van der Waals surface area contributed by atoms with Crippen molar-refractivity contribution in [2.24, 2.45) is 0 Å². The second-order valence-electron chi connectivity index (χ2n) is 4.13. The number of aryl methyl sites for hydroxylation is 1. The normalized spacial score (nSPS) is 12.7. The Balaban J connectivity index is 2.40. The third-order valence-corrected chi connectivity index (χ3v) is 3.19. The van der Waals surface area contributed by atoms with Gasteiger partial charge in [-0.1, -0.05) is 38.1 Å². The van der Waals surface area contributed by atoms with E-state index in [9.17, 15) is 0 Å². The number of hydrogen-bond acceptors (Lipinski definition) is 1. The fraction of sp³-hybridized carbons (Fsp3) is 0.571. The van der Waals surface area contributed by atoms with Crippen molar-refractivity contribution in [3.8, 4) is 0 Å². The molecule has 16 heavy (non-hydrogen) atoms. The second-order valence-corrected chi connectivity index (χ2v) is 4.51. The molecule has 0 bridgehead atoms. The number of hydrogen-bond donors (Lipinski definition) is 1. The maximum Gasteiger partial charge on any atom is 0.0238 e. The van der Waals surface area contributed by atoms with Crippen molar-refractivity contribution < 1.29 is 0 Å². The van der Waals surface area contributed by atoms with Crippen LogP contribution in [0.25, 0.3) is 0 Å². The highest BCUT2D eigenvalue weighted by Crippen LogP contribution is 2.06. The monoisotopic (exact) mass is 239 g/mol. The van der Waals surface area contributed by atoms with Gasteiger partial charge in [-0.2, -0.15) is 0 Å². The molecule has 0 aromatic heterocycles. The van der Waals surface area contributed by atoms with E-state index < -0.39 is 0 Å². The smallest absolute Gasteiger partial charge is 0.0238 e. The van der Waals surface area contributed by atoms with Crippen molar-refractivity contribution in [1.29, 1.82) is 0 Å². The van der Waals surface area contributed by atoms with Gasteiger partial charge < -0.3 is 5.32 Å². The quantitative estimate of drug-likeness (QED) is 0.715. The van der Waals surface area contributed by atoms with E-state index in [-0.39, 0.29) is 0 Å². The molecule has 1 N–H and O–H groups in total. The lowest BCUT2D eigenvalue weighted by Crippen LogP contribution is -2.28. The zero-order chi connectivity index (χ0) is 11.8. The minimum atomic E-state index is 0.545. The summed E-state index contributed by atoms with van der Waals surface area (Å²) in [7, 11) is 0. The average Bonchev–Trinajstić information content (AvgIpc) is 2.35. The van der Waals surface area contributed by atoms with E-state index in [1.165, 1.54) is 11.1 Å². The van der Waals surface area contributed by atoms with Crippen LogP contribution in [0.4, 0.5) is 0 Å². The summed E-state index contributed by atoms with van der Waals surface area (Å²) in [6.45, 7) is 5.32. The molecule has 2 heteroatoms. The molecule has 0 saturated heterocycles. The van der Waals surface area contributed by atoms with Crippen LogP contribution in [0.3, 0.4) is 0 Å². The third kappa shape index (κ3) is 4.54. The van der Waals surface area contributed by atoms with E-state index in [4.69, 9.17) is 11.6 Å². The summed E-state index contributed by atoms with van der Waals surface area (Å²) < 4.78 is 0. The van der Waals surface area contributed by atoms with Gasteiger partial charge in [0.05, 0.1) is 0 Å². The first kappa shape index (κ1) is 13.5. The molecule has 1 aromatic rings. The maximum atomic E-state index is 5.76. The summed E-state index contributed by atoms with van der Waals surface area (Å²) in [5.41, 5.74) is 2.75. The Morgan fingerprint density at radius 3 is 2.25 bits per heavy atom. The highest BCUT2D eigenvalue weighted by molar-refractivity contribution is 6.17. The molecule has 1 unspecified atom stereocenters. The molecule has 1 nitrogen and oxygen atoms in total. The van der Waals surface area contributed by atoms with E-state index in [2.05, 4.69) is 43.4 Å². The van der Waals surface area contributed by atoms with E-state index >= 15 is 0 Å². The Kier molecular flexibility index (Phi) is 6.51. The first-order valence-electron chi connectivity index (χ1n) is 6.17. The van der Waals surface area contributed by atoms with Gasteiger partial charge in [0.2, 0.25) is 0 Å². The van der Waals surface area contributed by atoms with E-state index in [0.29, 0.717) is 6.04 Å². The molecule has 0 heterocycles. The van der Waals surface area contributed by atoms with Gasteiger partial charge in [-0.3, -0.25) is 0 Å². The highest BCUT2D eigenvalue weighted by atomic mass is 35.5. The van der Waals surface area contributed by atoms with Gasteiger partial charge in [0.15, 0.2) is 0 Å². The molecular formula is C14H22ClN. The highest BCUT2D eigenvalue weighted by Gasteiger charge is 2.04. The summed E-state index contributed by atoms with van der Waals surface area (Å²) in [6.07, 6.45) is 3.29. The van der Waals surface area contributed by atoms with Gasteiger partial charge in [0, 0.05) is 18.5 Å². The van der Waals surface area contributed by atoms with Crippen molar-refractivity contribution in [3.05, 3.63) is 35.4 Å². The number of nitrogens with one attached hydrogen (secondary N) is 1. The fourth-order valence-electron chi connectivity index (χ4n) is 1.74. The standard InChI is InChI=1S/C14H22ClN/c1-3-12-5-7-13(8-6-12)11-16-14(4-2)9-10-15/h5-8,14,16H,3-4,9-11H2,1-2H3. The number of halogens is 1. The Bertz CT molecular complexity index is 281. The lowest BCUT2D eigenvalue weighted by atomic mass is 10.1. The van der Waals surface area contributed by atoms with Crippen LogP contribution in [0.2, 0.25) is 0 Å². The molecule has 1 aromatic carbocycles. The van der Waals surface area contributed by atoms with Crippen molar-refractivity contribution in [2.75, 3.05) is 5.88 Å². The molecule has 0 amide bonds. The van der Waals surface area contributed by atoms with Gasteiger partial charge in [0.1, 0.15) is 0 Å². The zero-order valence-electron chi connectivity index (χ0n) is 10.3. The molecule has 0 radical (unpaired) electrons. The van der Waals surface area contributed by atoms with Crippen molar-refractivity contribution in [2.45, 2.75) is 45.7 Å². The molecular weight excluding hydrogens is 218 g/mol. The number of rotatable bonds is 7. The van der Waals surface area contributed by atoms with E-state index in [1.807, 2.05) is 0 Å². The van der Waals surface area contributed by atoms with Gasteiger partial charge in [0.25, 0.3) is 0 Å². The second kappa shape index (κ2) is 7.70. The minimum Gasteiger partial charge on any atom is -0.310 e. The van der Waals surface area contributed by atoms with Crippen molar-refractivity contribution in [1.82, 2.24) is 5.32 Å². The van der Waals surface area contributed by atoms with Gasteiger partial charge in [-0.05, 0) is 30.4 Å². The van der Waals surface area contributed by atoms with E-state index in [0.717, 1.165) is 31.7 Å². The largest absolute Gasteiger partial charge is 0.310 e. The molecule has 0 aliphatic carbocycles. The Labute approximate surface area is 104 Å². The van der Waals surface area contributed by atoms with Crippen LogP contribution >= 0.6 is 11.6 Å². The van der Waals surface area contributed by atoms with Crippen LogP contribution in [0.15, 0.2) is 24.3 Å². The minimum absolute atomic E-state index is 0.545. The van der Waals surface area contributed by atoms with Crippen LogP contribution in [0, 0.1) is 0 Å². The zero-order valence-corrected chi connectivity index (χ0v) is 11.1. The molecule has 0 spiro atoms. The molecule has 0 aliphatic rings. The van der Waals surface area contributed by atoms with Crippen LogP contribution in [-0.2, 0) is 13.0 Å². The first-order valence-corrected chi connectivity index (χ1v) is 6.70. The van der Waals surface area contributed by atoms with Gasteiger partial charge >= 0.3 is 0 Å². The summed E-state index contributed by atoms with van der Waals surface area (Å²) >= 11 is 5.76. The number of alkyl halides is 1. The third-order valence-electron chi connectivity index (χ3n) is 2.98. The Morgan fingerprint density at radius 1 is 1.12 bits per heavy atom. The van der Waals surface area contributed by atoms with Gasteiger partial charge in [-0.15, -0.1) is 11.6 Å². The molecule has 0 fully saturated rings. The molecule has 1 rings (SSSR count).